The first-order chi connectivity index (χ1) is 11.4. The number of aryl methyl sites for hydroxylation is 3. The molecule has 3 rings (SSSR count). The molecule has 0 spiro atoms. The maximum atomic E-state index is 6.27. The van der Waals surface area contributed by atoms with Crippen LogP contribution in [-0.2, 0) is 0 Å². The van der Waals surface area contributed by atoms with E-state index in [4.69, 9.17) is 23.8 Å². The summed E-state index contributed by atoms with van der Waals surface area (Å²) in [6.45, 7) is 7.97. The molecular weight excluding hydrogens is 342 g/mol. The Bertz CT molecular complexity index is 993. The lowest BCUT2D eigenvalue weighted by Gasteiger charge is -2.11. The van der Waals surface area contributed by atoms with E-state index in [9.17, 15) is 0 Å². The summed E-state index contributed by atoms with van der Waals surface area (Å²) in [6.07, 6.45) is 1.80. The van der Waals surface area contributed by atoms with Crippen molar-refractivity contribution in [3.63, 3.8) is 0 Å². The molecule has 2 aromatic heterocycles. The number of nitrogens with zero attached hydrogens (tertiary/aromatic N) is 4. The van der Waals surface area contributed by atoms with Crippen molar-refractivity contribution in [2.24, 2.45) is 5.10 Å². The van der Waals surface area contributed by atoms with Crippen molar-refractivity contribution in [3.05, 3.63) is 62.4 Å². The molecule has 5 nitrogen and oxygen atoms in total. The number of halogens is 1. The van der Waals surface area contributed by atoms with Crippen LogP contribution in [0, 0.1) is 32.5 Å². The van der Waals surface area contributed by atoms with Crippen LogP contribution in [0.15, 0.2) is 29.4 Å². The zero-order valence-corrected chi connectivity index (χ0v) is 15.5. The second-order valence-electron chi connectivity index (χ2n) is 5.73. The summed E-state index contributed by atoms with van der Waals surface area (Å²) in [5.41, 5.74) is 5.32. The van der Waals surface area contributed by atoms with Gasteiger partial charge in [-0.2, -0.15) is 14.9 Å². The maximum absolute atomic E-state index is 6.27. The molecule has 0 radical (unpaired) electrons. The van der Waals surface area contributed by atoms with Crippen LogP contribution >= 0.6 is 23.8 Å². The summed E-state index contributed by atoms with van der Waals surface area (Å²) in [5, 5.41) is 12.0. The fourth-order valence-corrected chi connectivity index (χ4v) is 3.06. The third-order valence-electron chi connectivity index (χ3n) is 4.01. The molecule has 0 unspecified atom stereocenters. The smallest absolute Gasteiger partial charge is 0.216 e. The Labute approximate surface area is 150 Å². The normalized spacial score (nSPS) is 11.5. The van der Waals surface area contributed by atoms with Crippen LogP contribution in [-0.4, -0.2) is 25.7 Å². The predicted octanol–water partition coefficient (Wildman–Crippen LogP) is 4.50. The zero-order valence-electron chi connectivity index (χ0n) is 14.0. The number of hydrogen-bond donors (Lipinski definition) is 1. The van der Waals surface area contributed by atoms with Crippen molar-refractivity contribution in [3.8, 4) is 5.69 Å². The number of rotatable bonds is 3. The molecule has 0 aliphatic rings. The fraction of sp³-hybridized carbons (Fsp3) is 0.235. The highest BCUT2D eigenvalue weighted by molar-refractivity contribution is 7.71. The monoisotopic (exact) mass is 359 g/mol. The maximum Gasteiger partial charge on any atom is 0.216 e. The Morgan fingerprint density at radius 1 is 1.21 bits per heavy atom. The van der Waals surface area contributed by atoms with Gasteiger partial charge in [0.1, 0.15) is 5.82 Å². The molecule has 0 aliphatic heterocycles. The highest BCUT2D eigenvalue weighted by atomic mass is 35.5. The Morgan fingerprint density at radius 3 is 2.58 bits per heavy atom. The Morgan fingerprint density at radius 2 is 1.96 bits per heavy atom. The van der Waals surface area contributed by atoms with Crippen molar-refractivity contribution in [1.82, 2.24) is 19.4 Å². The summed E-state index contributed by atoms with van der Waals surface area (Å²) in [4.78, 5) is 0. The van der Waals surface area contributed by atoms with Crippen LogP contribution in [0.25, 0.3) is 5.69 Å². The molecular formula is C17H18ClN5S. The first-order valence-corrected chi connectivity index (χ1v) is 8.31. The molecule has 0 amide bonds. The minimum absolute atomic E-state index is 0.475. The summed E-state index contributed by atoms with van der Waals surface area (Å²) in [5.74, 6) is 0.718. The van der Waals surface area contributed by atoms with Gasteiger partial charge in [-0.05, 0) is 63.7 Å². The Kier molecular flexibility index (Phi) is 4.43. The Hall–Kier alpha value is -2.18. The van der Waals surface area contributed by atoms with Gasteiger partial charge in [-0.3, -0.25) is 5.10 Å². The van der Waals surface area contributed by atoms with Crippen LogP contribution in [0.2, 0.25) is 5.02 Å². The van der Waals surface area contributed by atoms with Gasteiger partial charge in [-0.15, -0.1) is 0 Å². The van der Waals surface area contributed by atoms with Gasteiger partial charge in [0.2, 0.25) is 4.77 Å². The van der Waals surface area contributed by atoms with Gasteiger partial charge in [-0.25, -0.2) is 0 Å². The van der Waals surface area contributed by atoms with Crippen molar-refractivity contribution >= 4 is 30.0 Å². The third-order valence-corrected chi connectivity index (χ3v) is 4.68. The van der Waals surface area contributed by atoms with E-state index in [0.29, 0.717) is 4.77 Å². The van der Waals surface area contributed by atoms with Gasteiger partial charge in [0.25, 0.3) is 0 Å². The van der Waals surface area contributed by atoms with E-state index in [1.54, 1.807) is 10.9 Å². The predicted molar refractivity (Wildman–Crippen MR) is 100 cm³/mol. The lowest BCUT2D eigenvalue weighted by molar-refractivity contribution is 0.820. The minimum Gasteiger partial charge on any atom is -0.318 e. The lowest BCUT2D eigenvalue weighted by atomic mass is 10.2. The lowest BCUT2D eigenvalue weighted by Crippen LogP contribution is -2.00. The van der Waals surface area contributed by atoms with Gasteiger partial charge in [0, 0.05) is 27.7 Å². The molecule has 1 aromatic carbocycles. The molecule has 0 bridgehead atoms. The Balaban J connectivity index is 2.03. The van der Waals surface area contributed by atoms with Crippen molar-refractivity contribution in [2.75, 3.05) is 0 Å². The molecule has 0 aliphatic carbocycles. The van der Waals surface area contributed by atoms with Crippen molar-refractivity contribution in [2.45, 2.75) is 27.7 Å². The van der Waals surface area contributed by atoms with Gasteiger partial charge >= 0.3 is 0 Å². The molecule has 1 N–H and O–H groups in total. The standard InChI is InChI=1S/C17H18ClN5S/c1-10-5-6-15(8-16(10)18)22-11(2)7-14(12(22)3)9-19-23-13(4)20-21-17(23)24/h5-9H,1-4H3,(H,21,24)/b19-9-. The second kappa shape index (κ2) is 6.37. The molecule has 124 valence electrons. The van der Waals surface area contributed by atoms with Crippen molar-refractivity contribution in [1.29, 1.82) is 0 Å². The van der Waals surface area contributed by atoms with Crippen molar-refractivity contribution < 1.29 is 0 Å². The largest absolute Gasteiger partial charge is 0.318 e. The molecule has 0 saturated carbocycles. The number of hydrogen-bond acceptors (Lipinski definition) is 3. The summed E-state index contributed by atoms with van der Waals surface area (Å²) < 4.78 is 4.24. The van der Waals surface area contributed by atoms with E-state index in [0.717, 1.165) is 39.0 Å². The third kappa shape index (κ3) is 2.95. The van der Waals surface area contributed by atoms with Gasteiger partial charge in [-0.1, -0.05) is 17.7 Å². The number of benzene rings is 1. The minimum atomic E-state index is 0.475. The van der Waals surface area contributed by atoms with Crippen LogP contribution in [0.4, 0.5) is 0 Å². The number of nitrogens with one attached hydrogen (secondary N) is 1. The molecule has 24 heavy (non-hydrogen) atoms. The fourth-order valence-electron chi connectivity index (χ4n) is 2.66. The molecule has 2 heterocycles. The van der Waals surface area contributed by atoms with E-state index in [1.807, 2.05) is 26.0 Å². The van der Waals surface area contributed by atoms with Crippen LogP contribution in [0.5, 0.6) is 0 Å². The average Bonchev–Trinajstić information content (AvgIpc) is 3.00. The SMILES string of the molecule is Cc1ccc(-n2c(C)cc(/C=N\n3c(C)n[nH]c3=S)c2C)cc1Cl. The first-order valence-electron chi connectivity index (χ1n) is 7.52. The summed E-state index contributed by atoms with van der Waals surface area (Å²) in [6, 6.07) is 8.16. The molecule has 0 saturated heterocycles. The topological polar surface area (TPSA) is 50.9 Å². The highest BCUT2D eigenvalue weighted by Crippen LogP contribution is 2.24. The number of H-pyrrole nitrogens is 1. The molecule has 0 atom stereocenters. The van der Waals surface area contributed by atoms with E-state index >= 15 is 0 Å². The van der Waals surface area contributed by atoms with Crippen LogP contribution in [0.1, 0.15) is 28.3 Å². The van der Waals surface area contributed by atoms with Gasteiger partial charge < -0.3 is 4.57 Å². The van der Waals surface area contributed by atoms with E-state index in [2.05, 4.69) is 45.8 Å². The molecule has 0 fully saturated rings. The van der Waals surface area contributed by atoms with Gasteiger partial charge in [0.05, 0.1) is 6.21 Å². The van der Waals surface area contributed by atoms with E-state index in [1.165, 1.54) is 0 Å². The van der Waals surface area contributed by atoms with E-state index < -0.39 is 0 Å². The second-order valence-corrected chi connectivity index (χ2v) is 6.52. The molecule has 3 aromatic rings. The highest BCUT2D eigenvalue weighted by Gasteiger charge is 2.10. The summed E-state index contributed by atoms with van der Waals surface area (Å²) in [7, 11) is 0. The summed E-state index contributed by atoms with van der Waals surface area (Å²) >= 11 is 11.4. The number of aromatic amines is 1. The number of aromatic nitrogens is 4. The van der Waals surface area contributed by atoms with Crippen LogP contribution in [0.3, 0.4) is 0 Å². The van der Waals surface area contributed by atoms with Crippen LogP contribution < -0.4 is 0 Å². The average molecular weight is 360 g/mol. The zero-order chi connectivity index (χ0) is 17.4. The first kappa shape index (κ1) is 16.7. The van der Waals surface area contributed by atoms with E-state index in [-0.39, 0.29) is 0 Å². The molecule has 7 heteroatoms. The quantitative estimate of drug-likeness (QED) is 0.553. The van der Waals surface area contributed by atoms with Gasteiger partial charge in [0.15, 0.2) is 0 Å².